The van der Waals surface area contributed by atoms with Gasteiger partial charge in [-0.05, 0) is 49.9 Å². The zero-order chi connectivity index (χ0) is 27.1. The van der Waals surface area contributed by atoms with E-state index in [1.54, 1.807) is 12.1 Å². The fourth-order valence-electron chi connectivity index (χ4n) is 4.88. The molecule has 8 heteroatoms. The van der Waals surface area contributed by atoms with Gasteiger partial charge in [-0.2, -0.15) is 0 Å². The van der Waals surface area contributed by atoms with Crippen molar-refractivity contribution in [2.24, 2.45) is 0 Å². The van der Waals surface area contributed by atoms with Crippen LogP contribution in [0.4, 0.5) is 0 Å². The number of ether oxygens (including phenoxy) is 5. The number of aryl methyl sites for hydroxylation is 1. The third-order valence-electron chi connectivity index (χ3n) is 6.69. The number of carbonyl (C=O) groups excluding carboxylic acids is 2. The fraction of sp³-hybridized carbons (Fsp3) is 0.379. The van der Waals surface area contributed by atoms with Crippen LogP contribution in [0.1, 0.15) is 37.3 Å². The van der Waals surface area contributed by atoms with Crippen LogP contribution in [0.5, 0.6) is 17.2 Å². The molecule has 0 saturated heterocycles. The molecule has 37 heavy (non-hydrogen) atoms. The van der Waals surface area contributed by atoms with Gasteiger partial charge in [0, 0.05) is 17.9 Å². The van der Waals surface area contributed by atoms with Crippen LogP contribution >= 0.6 is 0 Å². The summed E-state index contributed by atoms with van der Waals surface area (Å²) in [6.45, 7) is 4.35. The van der Waals surface area contributed by atoms with Crippen LogP contribution in [0.3, 0.4) is 0 Å². The van der Waals surface area contributed by atoms with Gasteiger partial charge in [0.1, 0.15) is 0 Å². The molecular formula is C29H35NO7. The highest BCUT2D eigenvalue weighted by atomic mass is 16.5. The third-order valence-corrected chi connectivity index (χ3v) is 6.69. The lowest BCUT2D eigenvalue weighted by atomic mass is 9.79. The Bertz CT molecular complexity index is 1130. The molecule has 0 saturated carbocycles. The average molecular weight is 510 g/mol. The molecule has 1 aliphatic rings. The van der Waals surface area contributed by atoms with Crippen LogP contribution in [0.25, 0.3) is 0 Å². The Morgan fingerprint density at radius 1 is 0.784 bits per heavy atom. The predicted molar refractivity (Wildman–Crippen MR) is 140 cm³/mol. The molecule has 0 radical (unpaired) electrons. The number of nitrogens with zero attached hydrogens (tertiary/aromatic N) is 1. The Balaban J connectivity index is 2.16. The Labute approximate surface area is 218 Å². The van der Waals surface area contributed by atoms with Gasteiger partial charge >= 0.3 is 11.9 Å². The van der Waals surface area contributed by atoms with Crippen molar-refractivity contribution in [3.8, 4) is 17.2 Å². The molecule has 198 valence electrons. The summed E-state index contributed by atoms with van der Waals surface area (Å²) in [5.41, 5.74) is 3.95. The van der Waals surface area contributed by atoms with Crippen LogP contribution in [0.15, 0.2) is 65.0 Å². The van der Waals surface area contributed by atoms with Gasteiger partial charge in [0.15, 0.2) is 11.5 Å². The molecule has 0 bridgehead atoms. The number of hydrogen-bond acceptors (Lipinski definition) is 8. The fourth-order valence-corrected chi connectivity index (χ4v) is 4.88. The number of rotatable bonds is 10. The van der Waals surface area contributed by atoms with E-state index in [-0.39, 0.29) is 0 Å². The van der Waals surface area contributed by atoms with Gasteiger partial charge in [0.05, 0.1) is 52.6 Å². The quantitative estimate of drug-likeness (QED) is 0.429. The molecule has 0 fully saturated rings. The van der Waals surface area contributed by atoms with Gasteiger partial charge in [0.25, 0.3) is 0 Å². The van der Waals surface area contributed by atoms with E-state index < -0.39 is 17.9 Å². The summed E-state index contributed by atoms with van der Waals surface area (Å²) in [6.07, 6.45) is 1.67. The van der Waals surface area contributed by atoms with Gasteiger partial charge in [0.2, 0.25) is 5.75 Å². The van der Waals surface area contributed by atoms with Crippen molar-refractivity contribution in [1.82, 2.24) is 4.90 Å². The van der Waals surface area contributed by atoms with E-state index in [4.69, 9.17) is 23.7 Å². The number of methoxy groups -OCH3 is 5. The van der Waals surface area contributed by atoms with E-state index in [1.807, 2.05) is 36.9 Å². The Morgan fingerprint density at radius 3 is 1.73 bits per heavy atom. The van der Waals surface area contributed by atoms with Gasteiger partial charge in [-0.25, -0.2) is 9.59 Å². The minimum Gasteiger partial charge on any atom is -0.493 e. The molecule has 3 rings (SSSR count). The molecule has 0 amide bonds. The maximum absolute atomic E-state index is 13.2. The number of hydrogen-bond donors (Lipinski definition) is 0. The standard InChI is InChI=1S/C29H35NO7/c1-18-24(28(31)36-6)26(21-16-22(33-3)27(35-5)23(17-21)34-4)25(29(32)37-7)19(2)30(18)15-11-14-20-12-9-8-10-13-20/h8-10,12-13,16-17,26H,11,14-15H2,1-7H3. The third kappa shape index (κ3) is 5.58. The molecule has 0 N–H and O–H groups in total. The monoisotopic (exact) mass is 509 g/mol. The van der Waals surface area contributed by atoms with Crippen molar-refractivity contribution in [2.75, 3.05) is 42.1 Å². The smallest absolute Gasteiger partial charge is 0.336 e. The number of allylic oxidation sites excluding steroid dienone is 2. The molecule has 0 spiro atoms. The van der Waals surface area contributed by atoms with Crippen LogP contribution in [0.2, 0.25) is 0 Å². The van der Waals surface area contributed by atoms with E-state index in [1.165, 1.54) is 41.1 Å². The van der Waals surface area contributed by atoms with E-state index in [0.717, 1.165) is 12.8 Å². The van der Waals surface area contributed by atoms with Crippen LogP contribution in [-0.4, -0.2) is 58.9 Å². The lowest BCUT2D eigenvalue weighted by Crippen LogP contribution is -2.35. The molecule has 1 aliphatic heterocycles. The first kappa shape index (κ1) is 27.6. The first-order valence-corrected chi connectivity index (χ1v) is 12.0. The maximum Gasteiger partial charge on any atom is 0.336 e. The van der Waals surface area contributed by atoms with Crippen molar-refractivity contribution in [2.45, 2.75) is 32.6 Å². The maximum atomic E-state index is 13.2. The highest BCUT2D eigenvalue weighted by molar-refractivity contribution is 6.00. The van der Waals surface area contributed by atoms with E-state index in [9.17, 15) is 9.59 Å². The van der Waals surface area contributed by atoms with Crippen molar-refractivity contribution < 1.29 is 33.3 Å². The summed E-state index contributed by atoms with van der Waals surface area (Å²) in [5, 5.41) is 0. The molecule has 2 aromatic carbocycles. The van der Waals surface area contributed by atoms with Gasteiger partial charge in [-0.1, -0.05) is 30.3 Å². The summed E-state index contributed by atoms with van der Waals surface area (Å²) in [7, 11) is 7.21. The molecular weight excluding hydrogens is 474 g/mol. The zero-order valence-corrected chi connectivity index (χ0v) is 22.5. The molecule has 0 unspecified atom stereocenters. The molecule has 0 aliphatic carbocycles. The Morgan fingerprint density at radius 2 is 1.30 bits per heavy atom. The van der Waals surface area contributed by atoms with Crippen molar-refractivity contribution in [3.63, 3.8) is 0 Å². The second-order valence-corrected chi connectivity index (χ2v) is 8.61. The minimum atomic E-state index is -0.765. The first-order chi connectivity index (χ1) is 17.8. The van der Waals surface area contributed by atoms with Crippen molar-refractivity contribution in [1.29, 1.82) is 0 Å². The molecule has 1 heterocycles. The highest BCUT2D eigenvalue weighted by Gasteiger charge is 2.41. The molecule has 0 atom stereocenters. The highest BCUT2D eigenvalue weighted by Crippen LogP contribution is 2.47. The van der Waals surface area contributed by atoms with Crippen LogP contribution in [0, 0.1) is 0 Å². The zero-order valence-electron chi connectivity index (χ0n) is 22.5. The predicted octanol–water partition coefficient (Wildman–Crippen LogP) is 4.64. The minimum absolute atomic E-state index is 0.350. The van der Waals surface area contributed by atoms with E-state index in [0.29, 0.717) is 51.9 Å². The van der Waals surface area contributed by atoms with Crippen molar-refractivity contribution in [3.05, 3.63) is 76.1 Å². The largest absolute Gasteiger partial charge is 0.493 e. The number of esters is 2. The molecule has 8 nitrogen and oxygen atoms in total. The summed E-state index contributed by atoms with van der Waals surface area (Å²) in [4.78, 5) is 28.5. The Hall–Kier alpha value is -3.94. The summed E-state index contributed by atoms with van der Waals surface area (Å²) in [5.74, 6) is -0.597. The SMILES string of the molecule is COC(=O)C1=C(C)N(CCCc2ccccc2)C(C)=C(C(=O)OC)C1c1cc(OC)c(OC)c(OC)c1. The second-order valence-electron chi connectivity index (χ2n) is 8.61. The van der Waals surface area contributed by atoms with E-state index in [2.05, 4.69) is 12.1 Å². The Kier molecular flexibility index (Phi) is 9.22. The number of carbonyl (C=O) groups is 2. The summed E-state index contributed by atoms with van der Waals surface area (Å²) < 4.78 is 27.0. The lowest BCUT2D eigenvalue weighted by molar-refractivity contribution is -0.137. The normalized spacial score (nSPS) is 14.0. The molecule has 0 aromatic heterocycles. The molecule has 2 aromatic rings. The van der Waals surface area contributed by atoms with Gasteiger partial charge in [-0.3, -0.25) is 0 Å². The lowest BCUT2D eigenvalue weighted by Gasteiger charge is -2.38. The second kappa shape index (κ2) is 12.3. The van der Waals surface area contributed by atoms with Crippen LogP contribution < -0.4 is 14.2 Å². The number of benzene rings is 2. The van der Waals surface area contributed by atoms with Crippen LogP contribution in [-0.2, 0) is 25.5 Å². The van der Waals surface area contributed by atoms with Crippen molar-refractivity contribution >= 4 is 11.9 Å². The summed E-state index contributed by atoms with van der Waals surface area (Å²) >= 11 is 0. The first-order valence-electron chi connectivity index (χ1n) is 12.0. The summed E-state index contributed by atoms with van der Waals surface area (Å²) in [6, 6.07) is 13.7. The topological polar surface area (TPSA) is 83.5 Å². The van der Waals surface area contributed by atoms with Gasteiger partial charge < -0.3 is 28.6 Å². The average Bonchev–Trinajstić information content (AvgIpc) is 2.93. The van der Waals surface area contributed by atoms with E-state index >= 15 is 0 Å². The van der Waals surface area contributed by atoms with Gasteiger partial charge in [-0.15, -0.1) is 0 Å².